The molecule has 0 radical (unpaired) electrons. The number of nitrogens with zero attached hydrogens (tertiary/aromatic N) is 1. The Morgan fingerprint density at radius 2 is 2.19 bits per heavy atom. The number of guanidine groups is 1. The van der Waals surface area contributed by atoms with Gasteiger partial charge in [0.2, 0.25) is 0 Å². The van der Waals surface area contributed by atoms with Gasteiger partial charge in [0.1, 0.15) is 0 Å². The van der Waals surface area contributed by atoms with Gasteiger partial charge in [0.05, 0.1) is 0 Å². The molecule has 1 aromatic carbocycles. The van der Waals surface area contributed by atoms with Crippen LogP contribution < -0.4 is 11.5 Å². The number of amides is 1. The Labute approximate surface area is 102 Å². The van der Waals surface area contributed by atoms with Crippen molar-refractivity contribution in [2.24, 2.45) is 22.4 Å². The zero-order chi connectivity index (χ0) is 11.7. The van der Waals surface area contributed by atoms with Crippen molar-refractivity contribution in [1.29, 1.82) is 0 Å². The van der Waals surface area contributed by atoms with E-state index < -0.39 is 0 Å². The summed E-state index contributed by atoms with van der Waals surface area (Å²) in [6, 6.07) is 7.95. The minimum Gasteiger partial charge on any atom is -0.370 e. The number of aliphatic imine (C=N–C) groups is 1. The van der Waals surface area contributed by atoms with E-state index in [4.69, 9.17) is 11.5 Å². The van der Waals surface area contributed by atoms with Crippen molar-refractivity contribution < 1.29 is 4.79 Å². The third kappa shape index (κ3) is 2.41. The Kier molecular flexibility index (Phi) is 2.96. The van der Waals surface area contributed by atoms with Crippen LogP contribution in [0.3, 0.4) is 0 Å². The summed E-state index contributed by atoms with van der Waals surface area (Å²) in [5, 5.41) is 0. The molecule has 0 aliphatic heterocycles. The molecule has 16 heavy (non-hydrogen) atoms. The van der Waals surface area contributed by atoms with E-state index in [1.807, 2.05) is 24.3 Å². The highest BCUT2D eigenvalue weighted by atomic mass is 79.9. The Morgan fingerprint density at radius 3 is 2.81 bits per heavy atom. The number of nitrogens with two attached hydrogens (primary N) is 2. The monoisotopic (exact) mass is 281 g/mol. The number of carbonyl (C=O) groups is 1. The maximum Gasteiger partial charge on any atom is 0.252 e. The second kappa shape index (κ2) is 4.25. The zero-order valence-electron chi connectivity index (χ0n) is 8.56. The molecule has 1 aliphatic rings. The van der Waals surface area contributed by atoms with Crippen molar-refractivity contribution in [3.8, 4) is 0 Å². The SMILES string of the molecule is NC(N)=NC(=O)C1CC1c1cccc(Br)c1. The second-order valence-electron chi connectivity index (χ2n) is 3.88. The van der Waals surface area contributed by atoms with Crippen LogP contribution in [0.25, 0.3) is 0 Å². The van der Waals surface area contributed by atoms with Crippen LogP contribution in [-0.2, 0) is 4.79 Å². The van der Waals surface area contributed by atoms with E-state index in [1.165, 1.54) is 0 Å². The van der Waals surface area contributed by atoms with Crippen molar-refractivity contribution in [1.82, 2.24) is 0 Å². The summed E-state index contributed by atoms with van der Waals surface area (Å²) in [4.78, 5) is 15.1. The molecule has 2 unspecified atom stereocenters. The molecule has 1 amide bonds. The van der Waals surface area contributed by atoms with E-state index in [9.17, 15) is 4.79 Å². The third-order valence-corrected chi connectivity index (χ3v) is 3.12. The van der Waals surface area contributed by atoms with Crippen molar-refractivity contribution in [3.63, 3.8) is 0 Å². The number of halogens is 1. The molecule has 0 spiro atoms. The number of hydrogen-bond acceptors (Lipinski definition) is 1. The largest absolute Gasteiger partial charge is 0.370 e. The summed E-state index contributed by atoms with van der Waals surface area (Å²) in [6.07, 6.45) is 0.825. The molecule has 1 fully saturated rings. The topological polar surface area (TPSA) is 81.5 Å². The first-order valence-electron chi connectivity index (χ1n) is 4.97. The summed E-state index contributed by atoms with van der Waals surface area (Å²) in [5.74, 6) is -0.181. The molecule has 0 aromatic heterocycles. The fourth-order valence-corrected chi connectivity index (χ4v) is 2.20. The first-order valence-corrected chi connectivity index (χ1v) is 5.76. The molecule has 2 atom stereocenters. The lowest BCUT2D eigenvalue weighted by atomic mass is 10.1. The van der Waals surface area contributed by atoms with Gasteiger partial charge in [-0.15, -0.1) is 0 Å². The lowest BCUT2D eigenvalue weighted by Crippen LogP contribution is -2.24. The molecule has 1 saturated carbocycles. The normalized spacial score (nSPS) is 22.6. The Balaban J connectivity index is 2.07. The Morgan fingerprint density at radius 1 is 1.44 bits per heavy atom. The predicted molar refractivity (Wildman–Crippen MR) is 65.8 cm³/mol. The van der Waals surface area contributed by atoms with Crippen molar-refractivity contribution in [3.05, 3.63) is 34.3 Å². The lowest BCUT2D eigenvalue weighted by Gasteiger charge is -1.99. The number of hydrogen-bond donors (Lipinski definition) is 2. The molecule has 4 nitrogen and oxygen atoms in total. The van der Waals surface area contributed by atoms with Crippen LogP contribution in [0.1, 0.15) is 17.9 Å². The van der Waals surface area contributed by atoms with Gasteiger partial charge in [-0.2, -0.15) is 4.99 Å². The van der Waals surface area contributed by atoms with Gasteiger partial charge in [-0.25, -0.2) is 0 Å². The molecule has 0 bridgehead atoms. The quantitative estimate of drug-likeness (QED) is 0.634. The first kappa shape index (κ1) is 11.1. The average molecular weight is 282 g/mol. The fourth-order valence-electron chi connectivity index (χ4n) is 1.78. The van der Waals surface area contributed by atoms with Crippen LogP contribution in [0.4, 0.5) is 0 Å². The summed E-state index contributed by atoms with van der Waals surface area (Å²) in [7, 11) is 0. The van der Waals surface area contributed by atoms with Crippen LogP contribution in [0.5, 0.6) is 0 Å². The second-order valence-corrected chi connectivity index (χ2v) is 4.79. The molecular weight excluding hydrogens is 270 g/mol. The van der Waals surface area contributed by atoms with E-state index in [0.29, 0.717) is 0 Å². The third-order valence-electron chi connectivity index (χ3n) is 2.62. The highest BCUT2D eigenvalue weighted by molar-refractivity contribution is 9.10. The van der Waals surface area contributed by atoms with Gasteiger partial charge in [-0.05, 0) is 30.0 Å². The molecular formula is C11H12BrN3O. The molecule has 5 heteroatoms. The smallest absolute Gasteiger partial charge is 0.252 e. The van der Waals surface area contributed by atoms with Gasteiger partial charge in [-0.1, -0.05) is 28.1 Å². The zero-order valence-corrected chi connectivity index (χ0v) is 10.1. The molecule has 4 N–H and O–H groups in total. The molecule has 84 valence electrons. The molecule has 1 aliphatic carbocycles. The van der Waals surface area contributed by atoms with Crippen molar-refractivity contribution in [2.75, 3.05) is 0 Å². The summed E-state index contributed by atoms with van der Waals surface area (Å²) in [5.41, 5.74) is 11.5. The maximum atomic E-state index is 11.5. The van der Waals surface area contributed by atoms with Gasteiger partial charge in [0.25, 0.3) is 5.91 Å². The Bertz CT molecular complexity index is 454. The van der Waals surface area contributed by atoms with Crippen molar-refractivity contribution >= 4 is 27.8 Å². The summed E-state index contributed by atoms with van der Waals surface area (Å²) in [6.45, 7) is 0. The van der Waals surface area contributed by atoms with Gasteiger partial charge in [0, 0.05) is 10.4 Å². The highest BCUT2D eigenvalue weighted by Gasteiger charge is 2.43. The predicted octanol–water partition coefficient (Wildman–Crippen LogP) is 1.35. The van der Waals surface area contributed by atoms with E-state index in [-0.39, 0.29) is 23.7 Å². The number of benzene rings is 1. The van der Waals surface area contributed by atoms with E-state index in [0.717, 1.165) is 16.5 Å². The number of carbonyl (C=O) groups excluding carboxylic acids is 1. The molecule has 0 heterocycles. The van der Waals surface area contributed by atoms with Crippen molar-refractivity contribution in [2.45, 2.75) is 12.3 Å². The minimum absolute atomic E-state index is 0.0589. The summed E-state index contributed by atoms with van der Waals surface area (Å²) >= 11 is 3.40. The maximum absolute atomic E-state index is 11.5. The standard InChI is InChI=1S/C11H12BrN3O/c12-7-3-1-2-6(4-7)8-5-9(8)10(16)15-11(13)14/h1-4,8-9H,5H2,(H4,13,14,15,16). The van der Waals surface area contributed by atoms with E-state index in [2.05, 4.69) is 20.9 Å². The van der Waals surface area contributed by atoms with E-state index in [1.54, 1.807) is 0 Å². The van der Waals surface area contributed by atoms with Crippen LogP contribution in [0.2, 0.25) is 0 Å². The van der Waals surface area contributed by atoms with Gasteiger partial charge in [-0.3, -0.25) is 4.79 Å². The van der Waals surface area contributed by atoms with E-state index >= 15 is 0 Å². The summed E-state index contributed by atoms with van der Waals surface area (Å²) < 4.78 is 1.02. The molecule has 0 saturated heterocycles. The van der Waals surface area contributed by atoms with Crippen LogP contribution >= 0.6 is 15.9 Å². The van der Waals surface area contributed by atoms with Gasteiger partial charge >= 0.3 is 0 Å². The van der Waals surface area contributed by atoms with Crippen LogP contribution in [-0.4, -0.2) is 11.9 Å². The first-order chi connectivity index (χ1) is 7.58. The van der Waals surface area contributed by atoms with Gasteiger partial charge in [0.15, 0.2) is 5.96 Å². The average Bonchev–Trinajstić information content (AvgIpc) is 2.95. The number of rotatable bonds is 2. The van der Waals surface area contributed by atoms with Crippen LogP contribution in [0.15, 0.2) is 33.7 Å². The minimum atomic E-state index is -0.218. The van der Waals surface area contributed by atoms with Crippen LogP contribution in [0, 0.1) is 5.92 Å². The fraction of sp³-hybridized carbons (Fsp3) is 0.273. The Hall–Kier alpha value is -1.36. The molecule has 1 aromatic rings. The lowest BCUT2D eigenvalue weighted by molar-refractivity contribution is -0.119. The highest BCUT2D eigenvalue weighted by Crippen LogP contribution is 2.48. The van der Waals surface area contributed by atoms with Gasteiger partial charge < -0.3 is 11.5 Å². The molecule has 2 rings (SSSR count).